The van der Waals surface area contributed by atoms with Gasteiger partial charge in [0.2, 0.25) is 0 Å². The summed E-state index contributed by atoms with van der Waals surface area (Å²) in [6, 6.07) is 15.5. The van der Waals surface area contributed by atoms with Gasteiger partial charge in [-0.2, -0.15) is 0 Å². The maximum Gasteiger partial charge on any atom is 0.305 e. The Morgan fingerprint density at radius 3 is 2.17 bits per heavy atom. The van der Waals surface area contributed by atoms with E-state index in [9.17, 15) is 14.4 Å². The molecule has 47 heavy (non-hydrogen) atoms. The van der Waals surface area contributed by atoms with Gasteiger partial charge in [0.1, 0.15) is 5.75 Å². The van der Waals surface area contributed by atoms with E-state index in [-0.39, 0.29) is 59.8 Å². The van der Waals surface area contributed by atoms with Gasteiger partial charge in [-0.1, -0.05) is 35.9 Å². The van der Waals surface area contributed by atoms with Crippen LogP contribution in [0.15, 0.2) is 48.5 Å². The fourth-order valence-electron chi connectivity index (χ4n) is 6.06. The molecule has 1 aromatic heterocycles. The molecule has 0 radical (unpaired) electrons. The van der Waals surface area contributed by atoms with E-state index in [0.717, 1.165) is 80.5 Å². The SMILES string of the molecule is COc1ccc(CCC[N+]2(CCCc3ccc(C(=O)NCCC(=O)O)cc3)CCCC(NC(=O)c3nc(Cl)c(N)nc3N)C2)cc1.[Cl-]. The molecule has 2 unspecified atom stereocenters. The Balaban J connectivity index is 0.00000600. The van der Waals surface area contributed by atoms with Crippen molar-refractivity contribution in [2.75, 3.05) is 51.3 Å². The zero-order chi connectivity index (χ0) is 33.1. The maximum absolute atomic E-state index is 13.2. The van der Waals surface area contributed by atoms with Gasteiger partial charge in [-0.25, -0.2) is 9.97 Å². The van der Waals surface area contributed by atoms with Gasteiger partial charge in [0.25, 0.3) is 11.8 Å². The molecule has 0 spiro atoms. The molecule has 2 atom stereocenters. The lowest BCUT2D eigenvalue weighted by Crippen LogP contribution is -3.00. The van der Waals surface area contributed by atoms with E-state index in [1.165, 1.54) is 5.56 Å². The Morgan fingerprint density at radius 1 is 0.957 bits per heavy atom. The van der Waals surface area contributed by atoms with Crippen LogP contribution in [0.25, 0.3) is 0 Å². The fourth-order valence-corrected chi connectivity index (χ4v) is 6.19. The van der Waals surface area contributed by atoms with Gasteiger partial charge in [0, 0.05) is 24.9 Å². The van der Waals surface area contributed by atoms with Crippen LogP contribution in [0.4, 0.5) is 11.6 Å². The highest BCUT2D eigenvalue weighted by Crippen LogP contribution is 2.24. The van der Waals surface area contributed by atoms with E-state index >= 15 is 0 Å². The van der Waals surface area contributed by atoms with Crippen molar-refractivity contribution in [3.63, 3.8) is 0 Å². The summed E-state index contributed by atoms with van der Waals surface area (Å²) in [6.07, 6.45) is 5.38. The minimum atomic E-state index is -0.954. The number of aliphatic carboxylic acids is 1. The number of ether oxygens (including phenoxy) is 1. The molecule has 254 valence electrons. The summed E-state index contributed by atoms with van der Waals surface area (Å²) in [4.78, 5) is 44.2. The molecular formula is C33H43Cl2N7O5. The van der Waals surface area contributed by atoms with Gasteiger partial charge in [0.15, 0.2) is 22.5 Å². The lowest BCUT2D eigenvalue weighted by Gasteiger charge is -2.45. The van der Waals surface area contributed by atoms with Crippen LogP contribution in [0.1, 0.15) is 64.1 Å². The van der Waals surface area contributed by atoms with Gasteiger partial charge >= 0.3 is 5.97 Å². The molecule has 0 bridgehead atoms. The normalized spacial score (nSPS) is 17.3. The lowest BCUT2D eigenvalue weighted by atomic mass is 9.99. The summed E-state index contributed by atoms with van der Waals surface area (Å²) in [5, 5.41) is 14.5. The van der Waals surface area contributed by atoms with E-state index in [1.54, 1.807) is 19.2 Å². The van der Waals surface area contributed by atoms with Crippen molar-refractivity contribution in [2.45, 2.75) is 51.0 Å². The van der Waals surface area contributed by atoms with Crippen molar-refractivity contribution in [3.8, 4) is 5.75 Å². The number of methoxy groups -OCH3 is 1. The lowest BCUT2D eigenvalue weighted by molar-refractivity contribution is -0.933. The number of anilines is 2. The minimum Gasteiger partial charge on any atom is -1.00 e. The molecule has 12 nitrogen and oxygen atoms in total. The summed E-state index contributed by atoms with van der Waals surface area (Å²) >= 11 is 6.02. The molecule has 1 saturated heterocycles. The van der Waals surface area contributed by atoms with E-state index < -0.39 is 11.9 Å². The number of aryl methyl sites for hydroxylation is 2. The van der Waals surface area contributed by atoms with Crippen molar-refractivity contribution < 1.29 is 41.1 Å². The Labute approximate surface area is 286 Å². The number of likely N-dealkylation sites (tertiary alicyclic amines) is 1. The van der Waals surface area contributed by atoms with E-state index in [1.807, 2.05) is 24.3 Å². The highest BCUT2D eigenvalue weighted by Gasteiger charge is 2.35. The second kappa shape index (κ2) is 17.7. The topological polar surface area (TPSA) is 183 Å². The Hall–Kier alpha value is -4.13. The molecule has 7 N–H and O–H groups in total. The third-order valence-corrected chi connectivity index (χ3v) is 8.72. The number of carboxylic acid groups (broad SMARTS) is 1. The standard InChI is InChI=1S/C33H42ClN7O5.ClH/c1-46-26-14-10-23(11-15-26)6-3-19-41(18-2-5-22-8-12-24(13-9-22)32(44)37-17-16-27(42)43)20-4-7-25(21-41)38-33(45)28-30(35)40-31(36)29(34)39-28;/h8-15,25H,2-7,16-21H2,1H3,(H6-,35,36,37,38,40,42,43,44,45);1H. The van der Waals surface area contributed by atoms with Crippen LogP contribution >= 0.6 is 11.6 Å². The van der Waals surface area contributed by atoms with Crippen molar-refractivity contribution >= 4 is 41.0 Å². The number of hydrogen-bond donors (Lipinski definition) is 5. The third kappa shape index (κ3) is 11.0. The number of carbonyl (C=O) groups is 3. The fraction of sp³-hybridized carbons (Fsp3) is 0.424. The first kappa shape index (κ1) is 37.3. The number of amides is 2. The molecule has 1 fully saturated rings. The van der Waals surface area contributed by atoms with Gasteiger partial charge in [0.05, 0.1) is 45.8 Å². The highest BCUT2D eigenvalue weighted by atomic mass is 35.5. The summed E-state index contributed by atoms with van der Waals surface area (Å²) in [6.45, 7) is 3.77. The van der Waals surface area contributed by atoms with E-state index in [0.29, 0.717) is 5.56 Å². The first-order valence-corrected chi connectivity index (χ1v) is 15.9. The number of nitrogens with one attached hydrogen (secondary N) is 2. The molecular weight excluding hydrogens is 645 g/mol. The molecule has 2 aromatic carbocycles. The van der Waals surface area contributed by atoms with Crippen LogP contribution in [0, 0.1) is 0 Å². The number of rotatable bonds is 15. The number of hydrogen-bond acceptors (Lipinski definition) is 8. The highest BCUT2D eigenvalue weighted by molar-refractivity contribution is 6.31. The molecule has 0 saturated carbocycles. The zero-order valence-corrected chi connectivity index (χ0v) is 28.0. The number of piperidine rings is 1. The second-order valence-corrected chi connectivity index (χ2v) is 12.2. The van der Waals surface area contributed by atoms with E-state index in [4.69, 9.17) is 32.9 Å². The summed E-state index contributed by atoms with van der Waals surface area (Å²) in [5.74, 6) is -0.896. The summed E-state index contributed by atoms with van der Waals surface area (Å²) in [7, 11) is 1.66. The molecule has 3 aromatic rings. The third-order valence-electron chi connectivity index (χ3n) is 8.44. The van der Waals surface area contributed by atoms with Crippen LogP contribution in [-0.4, -0.2) is 83.2 Å². The number of carboxylic acids is 1. The van der Waals surface area contributed by atoms with Crippen LogP contribution in [0.5, 0.6) is 5.75 Å². The largest absolute Gasteiger partial charge is 1.00 e. The smallest absolute Gasteiger partial charge is 0.305 e. The number of nitrogen functional groups attached to an aromatic ring is 2. The number of benzene rings is 2. The Morgan fingerprint density at radius 2 is 1.57 bits per heavy atom. The molecule has 0 aliphatic carbocycles. The monoisotopic (exact) mass is 687 g/mol. The van der Waals surface area contributed by atoms with Gasteiger partial charge in [-0.15, -0.1) is 0 Å². The number of halogens is 2. The zero-order valence-electron chi connectivity index (χ0n) is 26.5. The molecule has 4 rings (SSSR count). The van der Waals surface area contributed by atoms with Crippen LogP contribution in [0.2, 0.25) is 5.15 Å². The molecule has 2 heterocycles. The van der Waals surface area contributed by atoms with Gasteiger partial charge in [-0.05, 0) is 61.1 Å². The quantitative estimate of drug-likeness (QED) is 0.142. The van der Waals surface area contributed by atoms with Gasteiger partial charge < -0.3 is 48.8 Å². The van der Waals surface area contributed by atoms with Crippen molar-refractivity contribution in [1.29, 1.82) is 0 Å². The molecule has 2 amide bonds. The predicted molar refractivity (Wildman–Crippen MR) is 177 cm³/mol. The van der Waals surface area contributed by atoms with Crippen LogP contribution in [-0.2, 0) is 17.6 Å². The van der Waals surface area contributed by atoms with E-state index in [2.05, 4.69) is 32.7 Å². The molecule has 1 aliphatic rings. The van der Waals surface area contributed by atoms with Crippen molar-refractivity contribution in [2.24, 2.45) is 0 Å². The second-order valence-electron chi connectivity index (χ2n) is 11.8. The number of nitrogens with zero attached hydrogens (tertiary/aromatic N) is 3. The average molecular weight is 689 g/mol. The predicted octanol–water partition coefficient (Wildman–Crippen LogP) is 0.486. The average Bonchev–Trinajstić information content (AvgIpc) is 3.03. The number of carbonyl (C=O) groups excluding carboxylic acids is 2. The van der Waals surface area contributed by atoms with Crippen LogP contribution < -0.4 is 39.2 Å². The van der Waals surface area contributed by atoms with Crippen LogP contribution in [0.3, 0.4) is 0 Å². The molecule has 14 heteroatoms. The first-order valence-electron chi connectivity index (χ1n) is 15.5. The molecule has 1 aliphatic heterocycles. The number of nitrogens with two attached hydrogens (primary N) is 2. The summed E-state index contributed by atoms with van der Waals surface area (Å²) < 4.78 is 6.17. The Kier molecular flexibility index (Phi) is 14.1. The number of quaternary nitrogens is 1. The van der Waals surface area contributed by atoms with Crippen molar-refractivity contribution in [3.05, 3.63) is 76.1 Å². The van der Waals surface area contributed by atoms with Gasteiger partial charge in [-0.3, -0.25) is 14.4 Å². The summed E-state index contributed by atoms with van der Waals surface area (Å²) in [5.41, 5.74) is 14.5. The first-order chi connectivity index (χ1) is 22.1. The maximum atomic E-state index is 13.2. The number of aromatic nitrogens is 2. The minimum absolute atomic E-state index is 0. The van der Waals surface area contributed by atoms with Crippen molar-refractivity contribution in [1.82, 2.24) is 20.6 Å². The Bertz CT molecular complexity index is 1510.